The maximum atomic E-state index is 13.6. The van der Waals surface area contributed by atoms with Crippen LogP contribution in [0.3, 0.4) is 0 Å². The van der Waals surface area contributed by atoms with Crippen molar-refractivity contribution in [3.63, 3.8) is 0 Å². The molecule has 6 nitrogen and oxygen atoms in total. The zero-order chi connectivity index (χ0) is 20.1. The van der Waals surface area contributed by atoms with Crippen molar-refractivity contribution in [2.45, 2.75) is 31.7 Å². The summed E-state index contributed by atoms with van der Waals surface area (Å²) in [6, 6.07) is 10.9. The third kappa shape index (κ3) is 4.62. The normalized spacial score (nSPS) is 15.2. The van der Waals surface area contributed by atoms with E-state index in [1.165, 1.54) is 6.07 Å². The average Bonchev–Trinajstić information content (AvgIpc) is 3.34. The fraction of sp³-hybridized carbons (Fsp3) is 0.318. The molecule has 0 radical (unpaired) electrons. The van der Waals surface area contributed by atoms with E-state index in [1.54, 1.807) is 24.7 Å². The highest BCUT2D eigenvalue weighted by molar-refractivity contribution is 5.80. The van der Waals surface area contributed by atoms with Crippen LogP contribution in [0.2, 0.25) is 0 Å². The molecule has 2 aromatic heterocycles. The number of nitrogens with one attached hydrogen (secondary N) is 2. The van der Waals surface area contributed by atoms with Gasteiger partial charge in [-0.05, 0) is 49.1 Å². The van der Waals surface area contributed by atoms with Crippen LogP contribution in [0.5, 0.6) is 0 Å². The van der Waals surface area contributed by atoms with Crippen LogP contribution in [-0.4, -0.2) is 33.6 Å². The molecule has 4 rings (SSSR count). The molecule has 0 bridgehead atoms. The Morgan fingerprint density at radius 3 is 2.79 bits per heavy atom. The average molecular weight is 392 g/mol. The molecule has 0 atom stereocenters. The number of aromatic nitrogens is 3. The van der Waals surface area contributed by atoms with Crippen molar-refractivity contribution in [3.8, 4) is 5.82 Å². The molecule has 0 unspecified atom stereocenters. The zero-order valence-electron chi connectivity index (χ0n) is 16.5. The predicted molar refractivity (Wildman–Crippen MR) is 111 cm³/mol. The van der Waals surface area contributed by atoms with Gasteiger partial charge in [-0.15, -0.1) is 0 Å². The molecule has 2 heterocycles. The number of hydrogen-bond donors (Lipinski definition) is 2. The number of imidazole rings is 1. The Hall–Kier alpha value is -3.22. The fourth-order valence-electron chi connectivity index (χ4n) is 3.36. The van der Waals surface area contributed by atoms with E-state index in [9.17, 15) is 4.39 Å². The van der Waals surface area contributed by atoms with E-state index in [4.69, 9.17) is 0 Å². The van der Waals surface area contributed by atoms with Crippen molar-refractivity contribution in [2.75, 3.05) is 13.1 Å². The Bertz CT molecular complexity index is 961. The van der Waals surface area contributed by atoms with Crippen LogP contribution in [0.25, 0.3) is 5.82 Å². The number of pyridine rings is 1. The van der Waals surface area contributed by atoms with E-state index in [2.05, 4.69) is 25.6 Å². The first-order chi connectivity index (χ1) is 14.2. The van der Waals surface area contributed by atoms with Gasteiger partial charge in [-0.2, -0.15) is 0 Å². The van der Waals surface area contributed by atoms with Crippen LogP contribution in [0, 0.1) is 5.82 Å². The summed E-state index contributed by atoms with van der Waals surface area (Å²) in [5.74, 6) is 1.40. The molecule has 0 saturated heterocycles. The molecule has 29 heavy (non-hydrogen) atoms. The lowest BCUT2D eigenvalue weighted by atomic mass is 9.96. The van der Waals surface area contributed by atoms with Crippen LogP contribution in [0.15, 0.2) is 66.3 Å². The molecule has 0 spiro atoms. The zero-order valence-corrected chi connectivity index (χ0v) is 16.5. The van der Waals surface area contributed by atoms with Gasteiger partial charge in [0.2, 0.25) is 0 Å². The second kappa shape index (κ2) is 8.43. The molecule has 0 amide bonds. The summed E-state index contributed by atoms with van der Waals surface area (Å²) in [6.45, 7) is 4.08. The van der Waals surface area contributed by atoms with Crippen LogP contribution in [-0.2, 0) is 12.0 Å². The molecule has 0 aliphatic heterocycles. The van der Waals surface area contributed by atoms with E-state index in [-0.39, 0.29) is 11.2 Å². The maximum Gasteiger partial charge on any atom is 0.191 e. The minimum absolute atomic E-state index is 0.00624. The summed E-state index contributed by atoms with van der Waals surface area (Å²) in [5, 5.41) is 6.71. The highest BCUT2D eigenvalue weighted by Crippen LogP contribution is 2.47. The van der Waals surface area contributed by atoms with Gasteiger partial charge in [0.05, 0.1) is 6.54 Å². The first-order valence-corrected chi connectivity index (χ1v) is 9.90. The molecule has 150 valence electrons. The Morgan fingerprint density at radius 2 is 2.14 bits per heavy atom. The summed E-state index contributed by atoms with van der Waals surface area (Å²) in [7, 11) is 0. The Morgan fingerprint density at radius 1 is 1.24 bits per heavy atom. The van der Waals surface area contributed by atoms with Crippen LogP contribution in [0.4, 0.5) is 4.39 Å². The molecule has 2 N–H and O–H groups in total. The Labute approximate surface area is 169 Å². The van der Waals surface area contributed by atoms with E-state index in [0.29, 0.717) is 6.54 Å². The Balaban J connectivity index is 1.39. The molecule has 1 aliphatic carbocycles. The number of guanidine groups is 1. The van der Waals surface area contributed by atoms with Crippen LogP contribution >= 0.6 is 0 Å². The van der Waals surface area contributed by atoms with E-state index >= 15 is 0 Å². The van der Waals surface area contributed by atoms with E-state index < -0.39 is 0 Å². The molecular weight excluding hydrogens is 367 g/mol. The fourth-order valence-corrected chi connectivity index (χ4v) is 3.36. The molecular formula is C22H25FN6. The van der Waals surface area contributed by atoms with Gasteiger partial charge in [-0.3, -0.25) is 4.57 Å². The molecule has 1 aliphatic rings. The summed E-state index contributed by atoms with van der Waals surface area (Å²) in [6.07, 6.45) is 9.26. The Kier molecular flexibility index (Phi) is 5.55. The third-order valence-corrected chi connectivity index (χ3v) is 5.23. The van der Waals surface area contributed by atoms with Gasteiger partial charge < -0.3 is 10.6 Å². The summed E-state index contributed by atoms with van der Waals surface area (Å²) in [4.78, 5) is 13.2. The number of aliphatic imine (C=N–C) groups is 1. The SMILES string of the molecule is CCNC(=NCc1ccc(-n2ccnc2)nc1)NCC1(c2cccc(F)c2)CC1. The lowest BCUT2D eigenvalue weighted by Gasteiger charge is -2.19. The summed E-state index contributed by atoms with van der Waals surface area (Å²) in [5.41, 5.74) is 2.09. The van der Waals surface area contributed by atoms with Gasteiger partial charge in [0.1, 0.15) is 18.0 Å². The summed E-state index contributed by atoms with van der Waals surface area (Å²) < 4.78 is 15.5. The van der Waals surface area contributed by atoms with Crippen molar-refractivity contribution in [2.24, 2.45) is 4.99 Å². The molecule has 7 heteroatoms. The molecule has 3 aromatic rings. The second-order valence-corrected chi connectivity index (χ2v) is 7.33. The highest BCUT2D eigenvalue weighted by Gasteiger charge is 2.44. The topological polar surface area (TPSA) is 67.1 Å². The van der Waals surface area contributed by atoms with Crippen LogP contribution < -0.4 is 10.6 Å². The van der Waals surface area contributed by atoms with Gasteiger partial charge in [-0.25, -0.2) is 19.4 Å². The quantitative estimate of drug-likeness (QED) is 0.479. The minimum atomic E-state index is -0.180. The second-order valence-electron chi connectivity index (χ2n) is 7.33. The van der Waals surface area contributed by atoms with Crippen molar-refractivity contribution in [1.29, 1.82) is 0 Å². The molecule has 1 saturated carbocycles. The van der Waals surface area contributed by atoms with Crippen molar-refractivity contribution in [1.82, 2.24) is 25.2 Å². The smallest absolute Gasteiger partial charge is 0.191 e. The van der Waals surface area contributed by atoms with Crippen molar-refractivity contribution < 1.29 is 4.39 Å². The first kappa shape index (κ1) is 19.1. The van der Waals surface area contributed by atoms with Gasteiger partial charge in [0.15, 0.2) is 5.96 Å². The molecule has 1 aromatic carbocycles. The predicted octanol–water partition coefficient (Wildman–Crippen LogP) is 3.19. The van der Waals surface area contributed by atoms with E-state index in [0.717, 1.165) is 48.8 Å². The maximum absolute atomic E-state index is 13.6. The van der Waals surface area contributed by atoms with E-state index in [1.807, 2.05) is 42.1 Å². The first-order valence-electron chi connectivity index (χ1n) is 9.90. The standard InChI is InChI=1S/C22H25FN6/c1-2-25-21(28-15-22(8-9-22)18-4-3-5-19(23)12-18)27-14-17-6-7-20(26-13-17)29-11-10-24-16-29/h3-7,10-13,16H,2,8-9,14-15H2,1H3,(H2,25,27,28). The third-order valence-electron chi connectivity index (χ3n) is 5.23. The van der Waals surface area contributed by atoms with Crippen molar-refractivity contribution >= 4 is 5.96 Å². The summed E-state index contributed by atoms with van der Waals surface area (Å²) >= 11 is 0. The van der Waals surface area contributed by atoms with Crippen LogP contribution in [0.1, 0.15) is 30.9 Å². The van der Waals surface area contributed by atoms with Gasteiger partial charge in [0, 0.05) is 37.1 Å². The van der Waals surface area contributed by atoms with Crippen molar-refractivity contribution in [3.05, 3.63) is 78.3 Å². The number of rotatable bonds is 7. The van der Waals surface area contributed by atoms with Gasteiger partial charge in [-0.1, -0.05) is 18.2 Å². The number of hydrogen-bond acceptors (Lipinski definition) is 3. The lowest BCUT2D eigenvalue weighted by molar-refractivity contribution is 0.607. The molecule has 1 fully saturated rings. The van der Waals surface area contributed by atoms with Gasteiger partial charge in [0.25, 0.3) is 0 Å². The monoisotopic (exact) mass is 392 g/mol. The largest absolute Gasteiger partial charge is 0.357 e. The number of halogens is 1. The van der Waals surface area contributed by atoms with Gasteiger partial charge >= 0.3 is 0 Å². The lowest BCUT2D eigenvalue weighted by Crippen LogP contribution is -2.41. The minimum Gasteiger partial charge on any atom is -0.357 e. The number of benzene rings is 1. The highest BCUT2D eigenvalue weighted by atomic mass is 19.1. The number of nitrogens with zero attached hydrogens (tertiary/aromatic N) is 4.